The molecule has 0 saturated carbocycles. The van der Waals surface area contributed by atoms with Crippen molar-refractivity contribution in [2.45, 2.75) is 5.37 Å². The number of rotatable bonds is 4. The van der Waals surface area contributed by atoms with E-state index in [1.54, 1.807) is 36.4 Å². The van der Waals surface area contributed by atoms with Gasteiger partial charge in [-0.15, -0.1) is 22.0 Å². The van der Waals surface area contributed by atoms with Crippen LogP contribution in [0.2, 0.25) is 0 Å². The van der Waals surface area contributed by atoms with Crippen molar-refractivity contribution in [1.82, 2.24) is 10.2 Å². The third-order valence-electron chi connectivity index (χ3n) is 3.99. The number of nitro benzene ring substituents is 1. The van der Waals surface area contributed by atoms with Gasteiger partial charge in [-0.1, -0.05) is 35.6 Å². The van der Waals surface area contributed by atoms with E-state index in [-0.39, 0.29) is 23.1 Å². The van der Waals surface area contributed by atoms with Crippen molar-refractivity contribution in [1.29, 1.82) is 0 Å². The van der Waals surface area contributed by atoms with Crippen molar-refractivity contribution >= 4 is 39.8 Å². The molecule has 0 radical (unpaired) electrons. The molecule has 136 valence electrons. The summed E-state index contributed by atoms with van der Waals surface area (Å²) in [6.45, 7) is 0. The van der Waals surface area contributed by atoms with E-state index in [0.717, 1.165) is 0 Å². The van der Waals surface area contributed by atoms with E-state index in [9.17, 15) is 20.0 Å². The summed E-state index contributed by atoms with van der Waals surface area (Å²) in [4.78, 5) is 24.5. The highest BCUT2D eigenvalue weighted by molar-refractivity contribution is 8.00. The summed E-state index contributed by atoms with van der Waals surface area (Å²) in [5.74, 6) is 0.188. The Morgan fingerprint density at radius 2 is 2.00 bits per heavy atom. The standard InChI is InChI=1S/C17H12N4O4S2/c22-13-7-2-1-6-12(13)15-18-19-17(27-15)20-14(23)9-26-16(20)10-4-3-5-11(8-10)21(24)25/h1-8,16,22H,9H2. The summed E-state index contributed by atoms with van der Waals surface area (Å²) >= 11 is 2.56. The fraction of sp³-hybridized carbons (Fsp3) is 0.118. The van der Waals surface area contributed by atoms with Crippen LogP contribution in [0.1, 0.15) is 10.9 Å². The molecule has 1 aliphatic rings. The summed E-state index contributed by atoms with van der Waals surface area (Å²) in [7, 11) is 0. The Morgan fingerprint density at radius 1 is 1.19 bits per heavy atom. The van der Waals surface area contributed by atoms with Gasteiger partial charge < -0.3 is 5.11 Å². The Bertz CT molecular complexity index is 1040. The van der Waals surface area contributed by atoms with Gasteiger partial charge in [0.05, 0.1) is 16.2 Å². The van der Waals surface area contributed by atoms with Crippen molar-refractivity contribution in [3.63, 3.8) is 0 Å². The number of para-hydroxylation sites is 1. The van der Waals surface area contributed by atoms with Crippen LogP contribution in [0.25, 0.3) is 10.6 Å². The van der Waals surface area contributed by atoms with Gasteiger partial charge in [-0.05, 0) is 17.7 Å². The number of aromatic nitrogens is 2. The molecule has 1 unspecified atom stereocenters. The lowest BCUT2D eigenvalue weighted by molar-refractivity contribution is -0.384. The molecule has 1 atom stereocenters. The molecule has 3 aromatic rings. The van der Waals surface area contributed by atoms with Crippen LogP contribution in [-0.4, -0.2) is 31.9 Å². The number of carbonyl (C=O) groups is 1. The van der Waals surface area contributed by atoms with Gasteiger partial charge in [0.25, 0.3) is 5.69 Å². The van der Waals surface area contributed by atoms with Crippen LogP contribution in [0.3, 0.4) is 0 Å². The fourth-order valence-electron chi connectivity index (χ4n) is 2.75. The van der Waals surface area contributed by atoms with E-state index in [2.05, 4.69) is 10.2 Å². The molecular weight excluding hydrogens is 388 g/mol. The summed E-state index contributed by atoms with van der Waals surface area (Å²) in [5.41, 5.74) is 1.16. The van der Waals surface area contributed by atoms with Gasteiger partial charge >= 0.3 is 0 Å². The van der Waals surface area contributed by atoms with Crippen LogP contribution in [0, 0.1) is 10.1 Å². The molecule has 1 amide bonds. The van der Waals surface area contributed by atoms with Gasteiger partial charge in [0.1, 0.15) is 11.1 Å². The first kappa shape index (κ1) is 17.4. The number of hydrogen-bond donors (Lipinski definition) is 1. The van der Waals surface area contributed by atoms with Gasteiger partial charge in [-0.25, -0.2) is 0 Å². The highest BCUT2D eigenvalue weighted by Crippen LogP contribution is 2.44. The molecule has 1 aromatic heterocycles. The number of non-ortho nitro benzene ring substituents is 1. The third-order valence-corrected chi connectivity index (χ3v) is 6.16. The topological polar surface area (TPSA) is 109 Å². The molecular formula is C17H12N4O4S2. The lowest BCUT2D eigenvalue weighted by Gasteiger charge is -2.20. The van der Waals surface area contributed by atoms with E-state index >= 15 is 0 Å². The highest BCUT2D eigenvalue weighted by Gasteiger charge is 2.37. The Morgan fingerprint density at radius 3 is 2.78 bits per heavy atom. The first-order chi connectivity index (χ1) is 13.0. The number of aromatic hydroxyl groups is 1. The maximum absolute atomic E-state index is 12.5. The lowest BCUT2D eigenvalue weighted by atomic mass is 10.2. The molecule has 0 bridgehead atoms. The zero-order chi connectivity index (χ0) is 19.0. The SMILES string of the molecule is O=C1CSC(c2cccc([N+](=O)[O-])c2)N1c1nnc(-c2ccccc2O)s1. The molecule has 0 aliphatic carbocycles. The average molecular weight is 400 g/mol. The van der Waals surface area contributed by atoms with E-state index < -0.39 is 10.3 Å². The number of carbonyl (C=O) groups excluding carboxylic acids is 1. The van der Waals surface area contributed by atoms with Crippen LogP contribution >= 0.6 is 23.1 Å². The number of phenolic OH excluding ortho intramolecular Hbond substituents is 1. The van der Waals surface area contributed by atoms with E-state index in [1.165, 1.54) is 40.1 Å². The average Bonchev–Trinajstić information content (AvgIpc) is 3.28. The molecule has 1 N–H and O–H groups in total. The van der Waals surface area contributed by atoms with Gasteiger partial charge in [-0.2, -0.15) is 0 Å². The van der Waals surface area contributed by atoms with E-state index in [1.807, 2.05) is 0 Å². The number of amides is 1. The van der Waals surface area contributed by atoms with Gasteiger partial charge in [0.2, 0.25) is 11.0 Å². The Kier molecular flexibility index (Phi) is 4.50. The van der Waals surface area contributed by atoms with Crippen molar-refractivity contribution in [3.05, 3.63) is 64.2 Å². The van der Waals surface area contributed by atoms with E-state index in [4.69, 9.17) is 0 Å². The largest absolute Gasteiger partial charge is 0.507 e. The molecule has 8 nitrogen and oxygen atoms in total. The number of anilines is 1. The summed E-state index contributed by atoms with van der Waals surface area (Å²) in [5, 5.41) is 29.7. The molecule has 1 saturated heterocycles. The van der Waals surface area contributed by atoms with Gasteiger partial charge in [-0.3, -0.25) is 19.8 Å². The van der Waals surface area contributed by atoms with Crippen LogP contribution in [0.15, 0.2) is 48.5 Å². The Labute approximate surface area is 161 Å². The smallest absolute Gasteiger partial charge is 0.269 e. The molecule has 27 heavy (non-hydrogen) atoms. The fourth-order valence-corrected chi connectivity index (χ4v) is 4.88. The quantitative estimate of drug-likeness (QED) is 0.526. The second kappa shape index (κ2) is 6.97. The number of thioether (sulfide) groups is 1. The predicted octanol–water partition coefficient (Wildman–Crippen LogP) is 3.60. The van der Waals surface area contributed by atoms with Crippen LogP contribution in [-0.2, 0) is 4.79 Å². The summed E-state index contributed by atoms with van der Waals surface area (Å²) < 4.78 is 0. The Hall–Kier alpha value is -2.98. The number of benzene rings is 2. The molecule has 2 heterocycles. The Balaban J connectivity index is 1.70. The summed E-state index contributed by atoms with van der Waals surface area (Å²) in [6.07, 6.45) is 0. The van der Waals surface area contributed by atoms with Gasteiger partial charge in [0, 0.05) is 12.1 Å². The monoisotopic (exact) mass is 400 g/mol. The van der Waals surface area contributed by atoms with Crippen LogP contribution in [0.5, 0.6) is 5.75 Å². The second-order valence-corrected chi connectivity index (χ2v) is 7.71. The minimum Gasteiger partial charge on any atom is -0.507 e. The van der Waals surface area contributed by atoms with Crippen molar-refractivity contribution < 1.29 is 14.8 Å². The molecule has 4 rings (SSSR count). The second-order valence-electron chi connectivity index (χ2n) is 5.69. The van der Waals surface area contributed by atoms with Crippen molar-refractivity contribution in [2.24, 2.45) is 0 Å². The van der Waals surface area contributed by atoms with Crippen LogP contribution in [0.4, 0.5) is 10.8 Å². The molecule has 10 heteroatoms. The minimum atomic E-state index is -0.462. The predicted molar refractivity (Wildman–Crippen MR) is 103 cm³/mol. The van der Waals surface area contributed by atoms with Crippen molar-refractivity contribution in [2.75, 3.05) is 10.7 Å². The summed E-state index contributed by atoms with van der Waals surface area (Å²) in [6, 6.07) is 13.0. The van der Waals surface area contributed by atoms with Gasteiger partial charge in [0.15, 0.2) is 5.01 Å². The molecule has 1 fully saturated rings. The zero-order valence-corrected chi connectivity index (χ0v) is 15.3. The zero-order valence-electron chi connectivity index (χ0n) is 13.7. The van der Waals surface area contributed by atoms with Crippen molar-refractivity contribution in [3.8, 4) is 16.3 Å². The number of hydrogen-bond acceptors (Lipinski definition) is 8. The molecule has 2 aromatic carbocycles. The molecule has 0 spiro atoms. The number of phenols is 1. The third kappa shape index (κ3) is 3.24. The first-order valence-electron chi connectivity index (χ1n) is 7.84. The highest BCUT2D eigenvalue weighted by atomic mass is 32.2. The first-order valence-corrected chi connectivity index (χ1v) is 9.71. The number of nitro groups is 1. The maximum atomic E-state index is 12.5. The lowest BCUT2D eigenvalue weighted by Crippen LogP contribution is -2.27. The number of nitrogens with zero attached hydrogens (tertiary/aromatic N) is 4. The molecule has 1 aliphatic heterocycles. The van der Waals surface area contributed by atoms with Crippen LogP contribution < -0.4 is 4.90 Å². The maximum Gasteiger partial charge on any atom is 0.269 e. The minimum absolute atomic E-state index is 0.0282. The van der Waals surface area contributed by atoms with E-state index in [0.29, 0.717) is 21.3 Å². The normalized spacial score (nSPS) is 16.7.